The van der Waals surface area contributed by atoms with Crippen molar-refractivity contribution in [2.45, 2.75) is 83.5 Å². The minimum Gasteiger partial charge on any atom is -0.365 e. The van der Waals surface area contributed by atoms with E-state index in [1.54, 1.807) is 0 Å². The molecule has 1 rings (SSSR count). The Hall–Kier alpha value is -0.770. The van der Waals surface area contributed by atoms with E-state index in [1.807, 2.05) is 0 Å². The van der Waals surface area contributed by atoms with Gasteiger partial charge in [0.25, 0.3) is 0 Å². The average molecular weight is 258 g/mol. The fourth-order valence-electron chi connectivity index (χ4n) is 2.21. The summed E-state index contributed by atoms with van der Waals surface area (Å²) in [6, 6.07) is 0. The fourth-order valence-corrected chi connectivity index (χ4v) is 2.21. The van der Waals surface area contributed by atoms with E-state index in [4.69, 9.17) is 0 Å². The predicted octanol–water partition coefficient (Wildman–Crippen LogP) is 4.11. The van der Waals surface area contributed by atoms with E-state index >= 15 is 0 Å². The van der Waals surface area contributed by atoms with Crippen molar-refractivity contribution < 1.29 is 19.4 Å². The molecule has 0 spiro atoms. The first-order chi connectivity index (χ1) is 8.66. The highest BCUT2D eigenvalue weighted by Crippen LogP contribution is 2.27. The predicted molar refractivity (Wildman–Crippen MR) is 69.0 cm³/mol. The highest BCUT2D eigenvalue weighted by molar-refractivity contribution is 5.64. The summed E-state index contributed by atoms with van der Waals surface area (Å²) in [6.07, 6.45) is 12.0. The third kappa shape index (κ3) is 6.24. The first-order valence-corrected chi connectivity index (χ1v) is 7.30. The lowest BCUT2D eigenvalue weighted by Gasteiger charge is -2.33. The number of ether oxygens (including phenoxy) is 2. The molecule has 0 unspecified atom stereocenters. The molecule has 0 aliphatic carbocycles. The normalized spacial score (nSPS) is 16.9. The van der Waals surface area contributed by atoms with Gasteiger partial charge in [0.15, 0.2) is 0 Å². The molecule has 1 heterocycles. The van der Waals surface area contributed by atoms with Gasteiger partial charge in [-0.2, -0.15) is 0 Å². The second kappa shape index (κ2) is 8.35. The lowest BCUT2D eigenvalue weighted by atomic mass is 10.1. The lowest BCUT2D eigenvalue weighted by Crippen LogP contribution is -2.49. The Morgan fingerprint density at radius 2 is 1.33 bits per heavy atom. The van der Waals surface area contributed by atoms with E-state index in [0.717, 1.165) is 12.8 Å². The molecule has 18 heavy (non-hydrogen) atoms. The Morgan fingerprint density at radius 1 is 0.889 bits per heavy atom. The first-order valence-electron chi connectivity index (χ1n) is 7.30. The maximum absolute atomic E-state index is 10.4. The quantitative estimate of drug-likeness (QED) is 0.447. The molecule has 0 saturated carbocycles. The zero-order chi connectivity index (χ0) is 13.3. The molecule has 4 heteroatoms. The van der Waals surface area contributed by atoms with Crippen LogP contribution < -0.4 is 0 Å². The summed E-state index contributed by atoms with van der Waals surface area (Å²) in [5.74, 6) is -1.61. The lowest BCUT2D eigenvalue weighted by molar-refractivity contribution is -0.388. The maximum atomic E-state index is 10.4. The molecule has 0 atom stereocenters. The van der Waals surface area contributed by atoms with Gasteiger partial charge in [0.2, 0.25) is 0 Å². The van der Waals surface area contributed by atoms with Crippen molar-refractivity contribution in [3.05, 3.63) is 0 Å². The van der Waals surface area contributed by atoms with Crippen molar-refractivity contribution in [2.75, 3.05) is 0 Å². The molecule has 0 radical (unpaired) electrons. The average Bonchev–Trinajstić information content (AvgIpc) is 2.30. The Kier molecular flexibility index (Phi) is 7.09. The van der Waals surface area contributed by atoms with Crippen molar-refractivity contribution in [2.24, 2.45) is 0 Å². The van der Waals surface area contributed by atoms with Crippen LogP contribution in [0, 0.1) is 0 Å². The summed E-state index contributed by atoms with van der Waals surface area (Å²) in [5.41, 5.74) is 0. The third-order valence-corrected chi connectivity index (χ3v) is 3.33. The monoisotopic (exact) mass is 258 g/mol. The molecular formula is C14H26O4. The molecule has 4 nitrogen and oxygen atoms in total. The summed E-state index contributed by atoms with van der Waals surface area (Å²) in [6.45, 7) is 2.23. The molecule has 0 aromatic rings. The van der Waals surface area contributed by atoms with E-state index in [2.05, 4.69) is 16.4 Å². The molecule has 0 bridgehead atoms. The number of aliphatic hydroxyl groups is 1. The minimum absolute atomic E-state index is 0.384. The van der Waals surface area contributed by atoms with Crippen LogP contribution in [0.4, 0.5) is 4.79 Å². The summed E-state index contributed by atoms with van der Waals surface area (Å²) in [5, 5.41) is 9.44. The van der Waals surface area contributed by atoms with Gasteiger partial charge in [0, 0.05) is 0 Å². The zero-order valence-electron chi connectivity index (χ0n) is 11.5. The van der Waals surface area contributed by atoms with Gasteiger partial charge in [-0.25, -0.2) is 4.79 Å². The number of carbonyl (C=O) groups is 1. The van der Waals surface area contributed by atoms with Crippen LogP contribution in [-0.4, -0.2) is 17.2 Å². The topological polar surface area (TPSA) is 55.8 Å². The van der Waals surface area contributed by atoms with E-state index in [1.165, 1.54) is 51.4 Å². The molecule has 1 aliphatic rings. The largest absolute Gasteiger partial charge is 0.518 e. The van der Waals surface area contributed by atoms with E-state index in [9.17, 15) is 9.90 Å². The zero-order valence-corrected chi connectivity index (χ0v) is 11.5. The van der Waals surface area contributed by atoms with Gasteiger partial charge in [-0.05, 0) is 6.42 Å². The molecule has 0 amide bonds. The second-order valence-electron chi connectivity index (χ2n) is 5.10. The Balaban J connectivity index is 1.78. The van der Waals surface area contributed by atoms with Crippen molar-refractivity contribution in [1.82, 2.24) is 0 Å². The number of rotatable bonds is 11. The second-order valence-corrected chi connectivity index (χ2v) is 5.10. The summed E-state index contributed by atoms with van der Waals surface area (Å²) < 4.78 is 9.01. The molecule has 1 saturated heterocycles. The third-order valence-electron chi connectivity index (χ3n) is 3.33. The highest BCUT2D eigenvalue weighted by atomic mass is 17.0. The van der Waals surface area contributed by atoms with Crippen LogP contribution in [0.3, 0.4) is 0 Å². The molecular weight excluding hydrogens is 232 g/mol. The maximum Gasteiger partial charge on any atom is 0.518 e. The van der Waals surface area contributed by atoms with Crippen molar-refractivity contribution in [3.8, 4) is 0 Å². The Bertz CT molecular complexity index is 232. The number of hydrogen-bond donors (Lipinski definition) is 1. The first kappa shape index (κ1) is 15.3. The van der Waals surface area contributed by atoms with Gasteiger partial charge in [-0.1, -0.05) is 64.7 Å². The van der Waals surface area contributed by atoms with Gasteiger partial charge in [-0.3, -0.25) is 0 Å². The van der Waals surface area contributed by atoms with E-state index in [-0.39, 0.29) is 0 Å². The van der Waals surface area contributed by atoms with Crippen LogP contribution in [0.1, 0.15) is 77.6 Å². The Labute approximate surface area is 110 Å². The molecule has 0 aromatic heterocycles. The molecule has 1 aliphatic heterocycles. The fraction of sp³-hybridized carbons (Fsp3) is 0.929. The standard InChI is InChI=1S/C14H26O4/c1-2-3-4-5-6-7-8-9-10-11-12-14(16)17-13(15)18-14/h16H,2-12H2,1H3. The van der Waals surface area contributed by atoms with E-state index < -0.39 is 12.1 Å². The number of cyclic esters (lactones) is 2. The van der Waals surface area contributed by atoms with Crippen LogP contribution in [0.2, 0.25) is 0 Å². The van der Waals surface area contributed by atoms with Crippen molar-refractivity contribution in [1.29, 1.82) is 0 Å². The van der Waals surface area contributed by atoms with Gasteiger partial charge < -0.3 is 14.6 Å². The SMILES string of the molecule is CCCCCCCCCCCCC1(O)OC(=O)O1. The summed E-state index contributed by atoms with van der Waals surface area (Å²) >= 11 is 0. The number of unbranched alkanes of at least 4 members (excludes halogenated alkanes) is 9. The minimum atomic E-state index is -1.61. The number of hydrogen-bond acceptors (Lipinski definition) is 4. The van der Waals surface area contributed by atoms with Gasteiger partial charge >= 0.3 is 12.1 Å². The molecule has 1 N–H and O–H groups in total. The van der Waals surface area contributed by atoms with Crippen LogP contribution in [0.15, 0.2) is 0 Å². The van der Waals surface area contributed by atoms with Crippen LogP contribution in [0.25, 0.3) is 0 Å². The summed E-state index contributed by atoms with van der Waals surface area (Å²) in [7, 11) is 0. The number of carbonyl (C=O) groups excluding carboxylic acids is 1. The van der Waals surface area contributed by atoms with Crippen LogP contribution in [-0.2, 0) is 9.47 Å². The summed E-state index contributed by atoms with van der Waals surface area (Å²) in [4.78, 5) is 10.4. The van der Waals surface area contributed by atoms with Gasteiger partial charge in [0.1, 0.15) is 0 Å². The Morgan fingerprint density at radius 3 is 1.78 bits per heavy atom. The van der Waals surface area contributed by atoms with Gasteiger partial charge in [-0.15, -0.1) is 0 Å². The van der Waals surface area contributed by atoms with Crippen molar-refractivity contribution >= 4 is 6.16 Å². The molecule has 0 aromatic carbocycles. The van der Waals surface area contributed by atoms with Crippen LogP contribution in [0.5, 0.6) is 0 Å². The van der Waals surface area contributed by atoms with Crippen molar-refractivity contribution in [3.63, 3.8) is 0 Å². The van der Waals surface area contributed by atoms with E-state index in [0.29, 0.717) is 6.42 Å². The molecule has 106 valence electrons. The van der Waals surface area contributed by atoms with Crippen LogP contribution >= 0.6 is 0 Å². The van der Waals surface area contributed by atoms with Gasteiger partial charge in [0.05, 0.1) is 6.42 Å². The molecule has 1 fully saturated rings. The smallest absolute Gasteiger partial charge is 0.365 e. The highest BCUT2D eigenvalue weighted by Gasteiger charge is 2.46.